The topological polar surface area (TPSA) is 54.9 Å². The van der Waals surface area contributed by atoms with Gasteiger partial charge < -0.3 is 5.32 Å². The highest BCUT2D eigenvalue weighted by Crippen LogP contribution is 2.24. The number of carbonyl (C=O) groups excluding carboxylic acids is 1. The molecule has 1 fully saturated rings. The SMILES string of the molecule is O=C(NCCc1cnc(-c2ccccc2)nc1)C1CCCC1. The molecule has 1 saturated carbocycles. The first-order valence-electron chi connectivity index (χ1n) is 7.97. The molecule has 114 valence electrons. The molecule has 2 aromatic rings. The van der Waals surface area contributed by atoms with Crippen LogP contribution < -0.4 is 5.32 Å². The van der Waals surface area contributed by atoms with Crippen molar-refractivity contribution in [1.29, 1.82) is 0 Å². The van der Waals surface area contributed by atoms with E-state index in [0.29, 0.717) is 6.54 Å². The molecule has 1 amide bonds. The third-order valence-corrected chi connectivity index (χ3v) is 4.18. The zero-order valence-corrected chi connectivity index (χ0v) is 12.7. The zero-order valence-electron chi connectivity index (χ0n) is 12.7. The average Bonchev–Trinajstić information content (AvgIpc) is 3.11. The molecular weight excluding hydrogens is 274 g/mol. The smallest absolute Gasteiger partial charge is 0.223 e. The number of amides is 1. The Morgan fingerprint density at radius 2 is 1.77 bits per heavy atom. The number of rotatable bonds is 5. The summed E-state index contributed by atoms with van der Waals surface area (Å²) >= 11 is 0. The first-order chi connectivity index (χ1) is 10.8. The fraction of sp³-hybridized carbons (Fsp3) is 0.389. The summed E-state index contributed by atoms with van der Waals surface area (Å²) in [5.74, 6) is 1.18. The molecule has 1 aliphatic rings. The number of aromatic nitrogens is 2. The Morgan fingerprint density at radius 3 is 2.45 bits per heavy atom. The van der Waals surface area contributed by atoms with Crippen molar-refractivity contribution in [1.82, 2.24) is 15.3 Å². The monoisotopic (exact) mass is 295 g/mol. The molecule has 1 aliphatic carbocycles. The minimum atomic E-state index is 0.208. The van der Waals surface area contributed by atoms with Crippen molar-refractivity contribution in [3.8, 4) is 11.4 Å². The van der Waals surface area contributed by atoms with Gasteiger partial charge in [-0.25, -0.2) is 9.97 Å². The van der Waals surface area contributed by atoms with Crippen LogP contribution in [-0.2, 0) is 11.2 Å². The molecule has 4 nitrogen and oxygen atoms in total. The Balaban J connectivity index is 1.50. The summed E-state index contributed by atoms with van der Waals surface area (Å²) in [6.45, 7) is 0.656. The molecule has 0 atom stereocenters. The van der Waals surface area contributed by atoms with Crippen LogP contribution in [0.15, 0.2) is 42.7 Å². The van der Waals surface area contributed by atoms with Gasteiger partial charge in [-0.15, -0.1) is 0 Å². The van der Waals surface area contributed by atoms with Gasteiger partial charge in [0.05, 0.1) is 0 Å². The van der Waals surface area contributed by atoms with Gasteiger partial charge in [0.1, 0.15) is 0 Å². The maximum atomic E-state index is 11.9. The fourth-order valence-corrected chi connectivity index (χ4v) is 2.88. The lowest BCUT2D eigenvalue weighted by Gasteiger charge is -2.10. The van der Waals surface area contributed by atoms with Crippen molar-refractivity contribution in [2.75, 3.05) is 6.54 Å². The van der Waals surface area contributed by atoms with E-state index in [-0.39, 0.29) is 11.8 Å². The highest BCUT2D eigenvalue weighted by Gasteiger charge is 2.21. The van der Waals surface area contributed by atoms with Gasteiger partial charge in [-0.1, -0.05) is 43.2 Å². The van der Waals surface area contributed by atoms with E-state index in [0.717, 1.165) is 36.2 Å². The standard InChI is InChI=1S/C18H21N3O/c22-18(16-8-4-5-9-16)19-11-10-14-12-20-17(21-13-14)15-6-2-1-3-7-15/h1-3,6-7,12-13,16H,4-5,8-11H2,(H,19,22). The van der Waals surface area contributed by atoms with Crippen LogP contribution >= 0.6 is 0 Å². The van der Waals surface area contributed by atoms with Gasteiger partial charge in [-0.05, 0) is 24.8 Å². The van der Waals surface area contributed by atoms with E-state index in [1.165, 1.54) is 12.8 Å². The molecule has 4 heteroatoms. The van der Waals surface area contributed by atoms with Crippen molar-refractivity contribution in [2.24, 2.45) is 5.92 Å². The van der Waals surface area contributed by atoms with Crippen LogP contribution in [-0.4, -0.2) is 22.4 Å². The van der Waals surface area contributed by atoms with Crippen molar-refractivity contribution >= 4 is 5.91 Å². The van der Waals surface area contributed by atoms with Crippen molar-refractivity contribution in [2.45, 2.75) is 32.1 Å². The Bertz CT molecular complexity index is 604. The Kier molecular flexibility index (Phi) is 4.78. The lowest BCUT2D eigenvalue weighted by atomic mass is 10.1. The Labute approximate surface area is 131 Å². The van der Waals surface area contributed by atoms with Crippen LogP contribution in [0, 0.1) is 5.92 Å². The van der Waals surface area contributed by atoms with Crippen molar-refractivity contribution in [3.63, 3.8) is 0 Å². The predicted molar refractivity (Wildman–Crippen MR) is 86.1 cm³/mol. The number of hydrogen-bond acceptors (Lipinski definition) is 3. The summed E-state index contributed by atoms with van der Waals surface area (Å²) in [6, 6.07) is 9.93. The Hall–Kier alpha value is -2.23. The van der Waals surface area contributed by atoms with E-state index < -0.39 is 0 Å². The zero-order chi connectivity index (χ0) is 15.2. The fourth-order valence-electron chi connectivity index (χ4n) is 2.88. The second-order valence-corrected chi connectivity index (χ2v) is 5.80. The number of hydrogen-bond donors (Lipinski definition) is 1. The molecule has 3 rings (SSSR count). The average molecular weight is 295 g/mol. The minimum absolute atomic E-state index is 0.208. The highest BCUT2D eigenvalue weighted by atomic mass is 16.1. The van der Waals surface area contributed by atoms with Gasteiger partial charge in [-0.3, -0.25) is 4.79 Å². The van der Waals surface area contributed by atoms with Gasteiger partial charge in [0, 0.05) is 30.4 Å². The summed E-state index contributed by atoms with van der Waals surface area (Å²) in [6.07, 6.45) is 8.92. The number of carbonyl (C=O) groups is 1. The minimum Gasteiger partial charge on any atom is -0.356 e. The molecule has 0 saturated heterocycles. The Morgan fingerprint density at radius 1 is 1.09 bits per heavy atom. The third-order valence-electron chi connectivity index (χ3n) is 4.18. The quantitative estimate of drug-likeness (QED) is 0.922. The van der Waals surface area contributed by atoms with Crippen LogP contribution in [0.25, 0.3) is 11.4 Å². The number of benzene rings is 1. The first kappa shape index (κ1) is 14.7. The van der Waals surface area contributed by atoms with Gasteiger partial charge in [-0.2, -0.15) is 0 Å². The second kappa shape index (κ2) is 7.16. The molecule has 0 bridgehead atoms. The van der Waals surface area contributed by atoms with Crippen molar-refractivity contribution < 1.29 is 4.79 Å². The van der Waals surface area contributed by atoms with E-state index >= 15 is 0 Å². The molecule has 0 spiro atoms. The van der Waals surface area contributed by atoms with Crippen molar-refractivity contribution in [3.05, 3.63) is 48.3 Å². The molecule has 1 aromatic carbocycles. The van der Waals surface area contributed by atoms with Crippen LogP contribution in [0.5, 0.6) is 0 Å². The summed E-state index contributed by atoms with van der Waals surface area (Å²) in [5.41, 5.74) is 2.06. The molecule has 22 heavy (non-hydrogen) atoms. The highest BCUT2D eigenvalue weighted by molar-refractivity contribution is 5.78. The summed E-state index contributed by atoms with van der Waals surface area (Å²) < 4.78 is 0. The van der Waals surface area contributed by atoms with Crippen LogP contribution in [0.3, 0.4) is 0 Å². The van der Waals surface area contributed by atoms with E-state index in [4.69, 9.17) is 0 Å². The van der Waals surface area contributed by atoms with Gasteiger partial charge in [0.15, 0.2) is 5.82 Å². The van der Waals surface area contributed by atoms with Gasteiger partial charge in [0.2, 0.25) is 5.91 Å². The lowest BCUT2D eigenvalue weighted by Crippen LogP contribution is -2.30. The number of nitrogens with one attached hydrogen (secondary N) is 1. The summed E-state index contributed by atoms with van der Waals surface area (Å²) in [4.78, 5) is 20.7. The molecule has 1 aromatic heterocycles. The first-order valence-corrected chi connectivity index (χ1v) is 7.97. The van der Waals surface area contributed by atoms with E-state index in [1.807, 2.05) is 42.7 Å². The summed E-state index contributed by atoms with van der Waals surface area (Å²) in [7, 11) is 0. The predicted octanol–water partition coefficient (Wildman–Crippen LogP) is 2.99. The summed E-state index contributed by atoms with van der Waals surface area (Å²) in [5, 5.41) is 3.02. The maximum absolute atomic E-state index is 11.9. The van der Waals surface area contributed by atoms with Gasteiger partial charge in [0.25, 0.3) is 0 Å². The molecule has 1 heterocycles. The molecule has 1 N–H and O–H groups in total. The molecule has 0 aliphatic heterocycles. The maximum Gasteiger partial charge on any atom is 0.223 e. The molecular formula is C18H21N3O. The molecule has 0 radical (unpaired) electrons. The van der Waals surface area contributed by atoms with E-state index in [1.54, 1.807) is 0 Å². The van der Waals surface area contributed by atoms with E-state index in [2.05, 4.69) is 15.3 Å². The van der Waals surface area contributed by atoms with E-state index in [9.17, 15) is 4.79 Å². The van der Waals surface area contributed by atoms with Gasteiger partial charge >= 0.3 is 0 Å². The lowest BCUT2D eigenvalue weighted by molar-refractivity contribution is -0.124. The largest absolute Gasteiger partial charge is 0.356 e. The van der Waals surface area contributed by atoms with Crippen LogP contribution in [0.2, 0.25) is 0 Å². The number of nitrogens with zero attached hydrogens (tertiary/aromatic N) is 2. The van der Waals surface area contributed by atoms with Crippen LogP contribution in [0.1, 0.15) is 31.2 Å². The second-order valence-electron chi connectivity index (χ2n) is 5.80. The normalized spacial score (nSPS) is 14.9. The molecule has 0 unspecified atom stereocenters. The van der Waals surface area contributed by atoms with Crippen LogP contribution in [0.4, 0.5) is 0 Å². The third kappa shape index (κ3) is 3.70.